The highest BCUT2D eigenvalue weighted by Crippen LogP contribution is 2.17. The molecule has 1 N–H and O–H groups in total. The molecule has 0 aromatic heterocycles. The van der Waals surface area contributed by atoms with Gasteiger partial charge in [0.05, 0.1) is 0 Å². The fraction of sp³-hybridized carbons (Fsp3) is 0.300. The second-order valence-electron chi connectivity index (χ2n) is 5.96. The van der Waals surface area contributed by atoms with Crippen LogP contribution in [0.25, 0.3) is 0 Å². The van der Waals surface area contributed by atoms with E-state index in [9.17, 15) is 9.59 Å². The van der Waals surface area contributed by atoms with Gasteiger partial charge in [0.2, 0.25) is 0 Å². The quantitative estimate of drug-likeness (QED) is 0.876. The van der Waals surface area contributed by atoms with E-state index in [2.05, 4.69) is 5.32 Å². The zero-order chi connectivity index (χ0) is 18.4. The first-order valence-corrected chi connectivity index (χ1v) is 8.44. The lowest BCUT2D eigenvalue weighted by molar-refractivity contribution is 0.0772. The summed E-state index contributed by atoms with van der Waals surface area (Å²) in [4.78, 5) is 28.6. The molecule has 0 aliphatic carbocycles. The van der Waals surface area contributed by atoms with Crippen molar-refractivity contribution in [3.05, 3.63) is 59.7 Å². The molecular weight excluding hydrogens is 314 g/mol. The van der Waals surface area contributed by atoms with Crippen LogP contribution in [-0.4, -0.2) is 43.9 Å². The van der Waals surface area contributed by atoms with E-state index in [1.807, 2.05) is 51.0 Å². The summed E-state index contributed by atoms with van der Waals surface area (Å²) in [6.45, 7) is 5.21. The molecule has 0 saturated heterocycles. The number of rotatable bonds is 6. The van der Waals surface area contributed by atoms with Crippen molar-refractivity contribution in [1.82, 2.24) is 4.90 Å². The fourth-order valence-electron chi connectivity index (χ4n) is 2.55. The summed E-state index contributed by atoms with van der Waals surface area (Å²) in [5, 5.41) is 2.87. The van der Waals surface area contributed by atoms with Crippen LogP contribution in [-0.2, 0) is 0 Å². The number of nitrogens with one attached hydrogen (secondary N) is 1. The van der Waals surface area contributed by atoms with Gasteiger partial charge in [-0.15, -0.1) is 0 Å². The maximum atomic E-state index is 12.5. The summed E-state index contributed by atoms with van der Waals surface area (Å²) in [7, 11) is 3.86. The molecule has 2 rings (SSSR count). The number of anilines is 2. The van der Waals surface area contributed by atoms with Gasteiger partial charge in [-0.2, -0.15) is 0 Å². The van der Waals surface area contributed by atoms with Crippen LogP contribution < -0.4 is 10.2 Å². The first kappa shape index (κ1) is 18.5. The van der Waals surface area contributed by atoms with Gasteiger partial charge in [0.25, 0.3) is 11.8 Å². The van der Waals surface area contributed by atoms with Gasteiger partial charge in [0.15, 0.2) is 0 Å². The van der Waals surface area contributed by atoms with E-state index in [1.54, 1.807) is 35.2 Å². The monoisotopic (exact) mass is 339 g/mol. The summed E-state index contributed by atoms with van der Waals surface area (Å²) >= 11 is 0. The molecule has 0 spiro atoms. The van der Waals surface area contributed by atoms with Crippen molar-refractivity contribution in [1.29, 1.82) is 0 Å². The van der Waals surface area contributed by atoms with Gasteiger partial charge in [-0.1, -0.05) is 12.1 Å². The van der Waals surface area contributed by atoms with E-state index in [0.717, 1.165) is 5.69 Å². The molecule has 0 heterocycles. The van der Waals surface area contributed by atoms with Crippen molar-refractivity contribution in [2.75, 3.05) is 37.4 Å². The zero-order valence-electron chi connectivity index (χ0n) is 15.2. The molecule has 25 heavy (non-hydrogen) atoms. The number of hydrogen-bond donors (Lipinski definition) is 1. The van der Waals surface area contributed by atoms with Crippen LogP contribution in [0.1, 0.15) is 34.6 Å². The normalized spacial score (nSPS) is 10.2. The maximum absolute atomic E-state index is 12.5. The Morgan fingerprint density at radius 3 is 2.20 bits per heavy atom. The molecule has 0 aliphatic heterocycles. The molecule has 5 nitrogen and oxygen atoms in total. The Morgan fingerprint density at radius 1 is 0.920 bits per heavy atom. The first-order valence-electron chi connectivity index (χ1n) is 8.44. The number of nitrogens with zero attached hydrogens (tertiary/aromatic N) is 2. The third-order valence-corrected chi connectivity index (χ3v) is 4.04. The van der Waals surface area contributed by atoms with E-state index >= 15 is 0 Å². The van der Waals surface area contributed by atoms with E-state index < -0.39 is 0 Å². The van der Waals surface area contributed by atoms with Crippen molar-refractivity contribution in [2.45, 2.75) is 13.8 Å². The molecule has 0 fully saturated rings. The molecule has 2 aromatic carbocycles. The Kier molecular flexibility index (Phi) is 6.17. The van der Waals surface area contributed by atoms with Crippen molar-refractivity contribution in [3.8, 4) is 0 Å². The van der Waals surface area contributed by atoms with Crippen molar-refractivity contribution >= 4 is 23.2 Å². The lowest BCUT2D eigenvalue weighted by Crippen LogP contribution is -2.30. The predicted molar refractivity (Wildman–Crippen MR) is 102 cm³/mol. The van der Waals surface area contributed by atoms with Crippen LogP contribution >= 0.6 is 0 Å². The summed E-state index contributed by atoms with van der Waals surface area (Å²) in [5.41, 5.74) is 2.71. The first-order chi connectivity index (χ1) is 12.0. The SMILES string of the molecule is CCN(CC)C(=O)c1cccc(NC(=O)c2cccc(N(C)C)c2)c1. The topological polar surface area (TPSA) is 52.7 Å². The summed E-state index contributed by atoms with van der Waals surface area (Å²) < 4.78 is 0. The van der Waals surface area contributed by atoms with E-state index in [1.165, 1.54) is 0 Å². The lowest BCUT2D eigenvalue weighted by Gasteiger charge is -2.19. The highest BCUT2D eigenvalue weighted by atomic mass is 16.2. The number of hydrogen-bond acceptors (Lipinski definition) is 3. The smallest absolute Gasteiger partial charge is 0.255 e. The maximum Gasteiger partial charge on any atom is 0.255 e. The van der Waals surface area contributed by atoms with Gasteiger partial charge in [0.1, 0.15) is 0 Å². The molecule has 0 saturated carbocycles. The second-order valence-corrected chi connectivity index (χ2v) is 5.96. The molecular formula is C20H25N3O2. The summed E-state index contributed by atoms with van der Waals surface area (Å²) in [6.07, 6.45) is 0. The molecule has 5 heteroatoms. The average Bonchev–Trinajstić information content (AvgIpc) is 2.63. The van der Waals surface area contributed by atoms with Crippen LogP contribution in [0, 0.1) is 0 Å². The van der Waals surface area contributed by atoms with Crippen LogP contribution in [0.5, 0.6) is 0 Å². The van der Waals surface area contributed by atoms with Crippen LogP contribution in [0.15, 0.2) is 48.5 Å². The number of carbonyl (C=O) groups excluding carboxylic acids is 2. The Morgan fingerprint density at radius 2 is 1.56 bits per heavy atom. The highest BCUT2D eigenvalue weighted by molar-refractivity contribution is 6.05. The standard InChI is InChI=1S/C20H25N3O2/c1-5-23(6-2)20(25)16-10-7-11-17(13-16)21-19(24)15-9-8-12-18(14-15)22(3)4/h7-14H,5-6H2,1-4H3,(H,21,24). The summed E-state index contributed by atoms with van der Waals surface area (Å²) in [6, 6.07) is 14.4. The van der Waals surface area contributed by atoms with Gasteiger partial charge in [0, 0.05) is 49.7 Å². The van der Waals surface area contributed by atoms with Gasteiger partial charge in [-0.25, -0.2) is 0 Å². The van der Waals surface area contributed by atoms with Gasteiger partial charge >= 0.3 is 0 Å². The van der Waals surface area contributed by atoms with Crippen molar-refractivity contribution in [3.63, 3.8) is 0 Å². The molecule has 2 amide bonds. The van der Waals surface area contributed by atoms with Gasteiger partial charge < -0.3 is 15.1 Å². The minimum absolute atomic E-state index is 0.0318. The Labute approximate surface area is 149 Å². The van der Waals surface area contributed by atoms with Crippen LogP contribution in [0.2, 0.25) is 0 Å². The minimum atomic E-state index is -0.198. The van der Waals surface area contributed by atoms with Crippen LogP contribution in [0.4, 0.5) is 11.4 Å². The lowest BCUT2D eigenvalue weighted by atomic mass is 10.1. The Bertz CT molecular complexity index is 752. The number of amides is 2. The van der Waals surface area contributed by atoms with E-state index in [0.29, 0.717) is 29.9 Å². The van der Waals surface area contributed by atoms with Crippen LogP contribution in [0.3, 0.4) is 0 Å². The third kappa shape index (κ3) is 4.59. The molecule has 0 unspecified atom stereocenters. The predicted octanol–water partition coefficient (Wildman–Crippen LogP) is 3.49. The minimum Gasteiger partial charge on any atom is -0.378 e. The Balaban J connectivity index is 2.18. The number of carbonyl (C=O) groups is 2. The molecule has 0 aliphatic rings. The van der Waals surface area contributed by atoms with E-state index in [-0.39, 0.29) is 11.8 Å². The fourth-order valence-corrected chi connectivity index (χ4v) is 2.55. The largest absolute Gasteiger partial charge is 0.378 e. The van der Waals surface area contributed by atoms with Crippen molar-refractivity contribution < 1.29 is 9.59 Å². The highest BCUT2D eigenvalue weighted by Gasteiger charge is 2.14. The number of benzene rings is 2. The molecule has 0 radical (unpaired) electrons. The van der Waals surface area contributed by atoms with E-state index in [4.69, 9.17) is 0 Å². The van der Waals surface area contributed by atoms with Gasteiger partial charge in [-0.3, -0.25) is 9.59 Å². The van der Waals surface area contributed by atoms with Gasteiger partial charge in [-0.05, 0) is 50.2 Å². The molecule has 2 aromatic rings. The second kappa shape index (κ2) is 8.33. The summed E-state index contributed by atoms with van der Waals surface area (Å²) in [5.74, 6) is -0.230. The molecule has 132 valence electrons. The zero-order valence-corrected chi connectivity index (χ0v) is 15.2. The molecule has 0 atom stereocenters. The third-order valence-electron chi connectivity index (χ3n) is 4.04. The van der Waals surface area contributed by atoms with Crippen molar-refractivity contribution in [2.24, 2.45) is 0 Å². The Hall–Kier alpha value is -2.82. The average molecular weight is 339 g/mol. The molecule has 0 bridgehead atoms.